The predicted molar refractivity (Wildman–Crippen MR) is 72.2 cm³/mol. The molecule has 1 saturated heterocycles. The van der Waals surface area contributed by atoms with Crippen LogP contribution in [0.5, 0.6) is 0 Å². The van der Waals surface area contributed by atoms with Crippen molar-refractivity contribution < 1.29 is 19.4 Å². The molecule has 4 nitrogen and oxygen atoms in total. The van der Waals surface area contributed by atoms with Crippen LogP contribution in [0.1, 0.15) is 32.6 Å². The van der Waals surface area contributed by atoms with Crippen molar-refractivity contribution in [1.29, 1.82) is 0 Å². The van der Waals surface area contributed by atoms with Crippen LogP contribution in [0.2, 0.25) is 0 Å². The second-order valence-electron chi connectivity index (χ2n) is 6.90. The molecule has 0 radical (unpaired) electrons. The van der Waals surface area contributed by atoms with Crippen molar-refractivity contribution >= 4 is 5.97 Å². The fraction of sp³-hybridized carbons (Fsp3) is 0.812. The van der Waals surface area contributed by atoms with Gasteiger partial charge in [0, 0.05) is 5.57 Å². The molecule has 1 aliphatic heterocycles. The molecule has 0 amide bonds. The standard InChI is InChI=1S/C16H22O4/c1-8(16(17)18)3-2-4-19-12-6-9-5-11(12)14-10(9)7-13-15(14)20-13/h3,9-15H,2,4-7H2,1H3,(H,17,18). The van der Waals surface area contributed by atoms with Gasteiger partial charge in [-0.15, -0.1) is 0 Å². The van der Waals surface area contributed by atoms with E-state index in [2.05, 4.69) is 0 Å². The van der Waals surface area contributed by atoms with E-state index < -0.39 is 5.97 Å². The Morgan fingerprint density at radius 1 is 1.35 bits per heavy atom. The van der Waals surface area contributed by atoms with Gasteiger partial charge in [0.2, 0.25) is 0 Å². The lowest BCUT2D eigenvalue weighted by molar-refractivity contribution is -0.132. The fourth-order valence-electron chi connectivity index (χ4n) is 5.02. The molecule has 0 aromatic rings. The van der Waals surface area contributed by atoms with Crippen molar-refractivity contribution in [3.05, 3.63) is 11.6 Å². The number of hydrogen-bond acceptors (Lipinski definition) is 3. The number of fused-ring (bicyclic) bond motifs is 7. The minimum absolute atomic E-state index is 0.391. The molecular weight excluding hydrogens is 256 g/mol. The first kappa shape index (κ1) is 12.8. The van der Waals surface area contributed by atoms with Gasteiger partial charge in [0.05, 0.1) is 24.9 Å². The molecule has 4 heteroatoms. The Morgan fingerprint density at radius 3 is 3.00 bits per heavy atom. The van der Waals surface area contributed by atoms with Gasteiger partial charge in [-0.1, -0.05) is 6.08 Å². The normalized spacial score (nSPS) is 48.2. The Kier molecular flexibility index (Phi) is 2.93. The molecule has 2 bridgehead atoms. The predicted octanol–water partition coefficient (Wildman–Crippen LogP) is 2.24. The van der Waals surface area contributed by atoms with Gasteiger partial charge < -0.3 is 14.6 Å². The monoisotopic (exact) mass is 278 g/mol. The molecule has 7 unspecified atom stereocenters. The lowest BCUT2D eigenvalue weighted by atomic mass is 9.79. The average molecular weight is 278 g/mol. The summed E-state index contributed by atoms with van der Waals surface area (Å²) in [7, 11) is 0. The molecule has 3 saturated carbocycles. The van der Waals surface area contributed by atoms with E-state index in [4.69, 9.17) is 14.6 Å². The average Bonchev–Trinajstić information content (AvgIpc) is 2.81. The SMILES string of the molecule is CC(=CCCOC1CC2CC1C1C2CC2OC21)C(=O)O. The van der Waals surface area contributed by atoms with Gasteiger partial charge in [-0.3, -0.25) is 0 Å². The summed E-state index contributed by atoms with van der Waals surface area (Å²) in [4.78, 5) is 10.7. The van der Waals surface area contributed by atoms with Crippen molar-refractivity contribution in [3.63, 3.8) is 0 Å². The summed E-state index contributed by atoms with van der Waals surface area (Å²) in [6, 6.07) is 0. The van der Waals surface area contributed by atoms with Crippen molar-refractivity contribution in [3.8, 4) is 0 Å². The van der Waals surface area contributed by atoms with E-state index in [9.17, 15) is 4.79 Å². The Labute approximate surface area is 119 Å². The van der Waals surface area contributed by atoms with Gasteiger partial charge in [-0.05, 0) is 56.3 Å². The summed E-state index contributed by atoms with van der Waals surface area (Å²) in [5.41, 5.74) is 0.409. The zero-order chi connectivity index (χ0) is 13.9. The summed E-state index contributed by atoms with van der Waals surface area (Å²) in [5.74, 6) is 2.41. The summed E-state index contributed by atoms with van der Waals surface area (Å²) in [6.45, 7) is 2.28. The molecule has 20 heavy (non-hydrogen) atoms. The van der Waals surface area contributed by atoms with Crippen LogP contribution in [-0.2, 0) is 14.3 Å². The Morgan fingerprint density at radius 2 is 2.20 bits per heavy atom. The molecule has 3 aliphatic carbocycles. The second kappa shape index (κ2) is 4.57. The number of carboxylic acids is 1. The number of aliphatic carboxylic acids is 1. The highest BCUT2D eigenvalue weighted by Gasteiger charge is 2.66. The lowest BCUT2D eigenvalue weighted by Crippen LogP contribution is -2.33. The van der Waals surface area contributed by atoms with Crippen LogP contribution in [0.15, 0.2) is 11.6 Å². The first-order valence-corrected chi connectivity index (χ1v) is 7.82. The number of carbonyl (C=O) groups is 1. The molecule has 4 aliphatic rings. The molecule has 4 rings (SSSR count). The smallest absolute Gasteiger partial charge is 0.330 e. The van der Waals surface area contributed by atoms with E-state index in [0.717, 1.165) is 17.8 Å². The minimum Gasteiger partial charge on any atom is -0.478 e. The summed E-state index contributed by atoms with van der Waals surface area (Å²) in [5, 5.41) is 8.79. The van der Waals surface area contributed by atoms with Gasteiger partial charge in [0.1, 0.15) is 0 Å². The van der Waals surface area contributed by atoms with E-state index >= 15 is 0 Å². The maximum absolute atomic E-state index is 10.7. The zero-order valence-corrected chi connectivity index (χ0v) is 11.8. The number of ether oxygens (including phenoxy) is 2. The summed E-state index contributed by atoms with van der Waals surface area (Å²) < 4.78 is 11.8. The third-order valence-electron chi connectivity index (χ3n) is 5.93. The Balaban J connectivity index is 1.29. The third-order valence-corrected chi connectivity index (χ3v) is 5.93. The highest BCUT2D eigenvalue weighted by molar-refractivity contribution is 5.85. The summed E-state index contributed by atoms with van der Waals surface area (Å²) in [6.07, 6.45) is 7.82. The second-order valence-corrected chi connectivity index (χ2v) is 6.90. The summed E-state index contributed by atoms with van der Waals surface area (Å²) >= 11 is 0. The van der Waals surface area contributed by atoms with Crippen LogP contribution in [0.4, 0.5) is 0 Å². The highest BCUT2D eigenvalue weighted by atomic mass is 16.6. The molecule has 4 fully saturated rings. The number of rotatable bonds is 5. The Hall–Kier alpha value is -0.870. The number of hydrogen-bond donors (Lipinski definition) is 1. The van der Waals surface area contributed by atoms with Crippen LogP contribution in [0.25, 0.3) is 0 Å². The van der Waals surface area contributed by atoms with Gasteiger partial charge in [-0.2, -0.15) is 0 Å². The van der Waals surface area contributed by atoms with Gasteiger partial charge in [-0.25, -0.2) is 4.79 Å². The quantitative estimate of drug-likeness (QED) is 0.476. The van der Waals surface area contributed by atoms with Crippen molar-refractivity contribution in [2.45, 2.75) is 50.9 Å². The van der Waals surface area contributed by atoms with Gasteiger partial charge in [0.15, 0.2) is 0 Å². The molecule has 0 aromatic carbocycles. The third kappa shape index (κ3) is 1.92. The Bertz CT molecular complexity index is 457. The van der Waals surface area contributed by atoms with Crippen LogP contribution in [-0.4, -0.2) is 36.0 Å². The first-order chi connectivity index (χ1) is 9.65. The molecule has 7 atom stereocenters. The largest absolute Gasteiger partial charge is 0.478 e. The van der Waals surface area contributed by atoms with Crippen molar-refractivity contribution in [2.75, 3.05) is 6.61 Å². The van der Waals surface area contributed by atoms with Crippen molar-refractivity contribution in [1.82, 2.24) is 0 Å². The topological polar surface area (TPSA) is 59.1 Å². The van der Waals surface area contributed by atoms with Crippen LogP contribution >= 0.6 is 0 Å². The van der Waals surface area contributed by atoms with Crippen LogP contribution < -0.4 is 0 Å². The van der Waals surface area contributed by atoms with Gasteiger partial charge in [0.25, 0.3) is 0 Å². The molecule has 0 aromatic heterocycles. The van der Waals surface area contributed by atoms with E-state index in [1.165, 1.54) is 19.3 Å². The molecule has 0 spiro atoms. The molecule has 1 N–H and O–H groups in total. The highest BCUT2D eigenvalue weighted by Crippen LogP contribution is 2.64. The zero-order valence-electron chi connectivity index (χ0n) is 11.8. The molecular formula is C16H22O4. The van der Waals surface area contributed by atoms with E-state index in [1.807, 2.05) is 0 Å². The number of carboxylic acid groups (broad SMARTS) is 1. The molecule has 110 valence electrons. The fourth-order valence-corrected chi connectivity index (χ4v) is 5.02. The maximum Gasteiger partial charge on any atom is 0.330 e. The van der Waals surface area contributed by atoms with E-state index in [0.29, 0.717) is 42.8 Å². The van der Waals surface area contributed by atoms with E-state index in [1.54, 1.807) is 13.0 Å². The minimum atomic E-state index is -0.837. The van der Waals surface area contributed by atoms with Crippen LogP contribution in [0, 0.1) is 23.7 Å². The van der Waals surface area contributed by atoms with Gasteiger partial charge >= 0.3 is 5.97 Å². The molecule has 1 heterocycles. The van der Waals surface area contributed by atoms with Crippen molar-refractivity contribution in [2.24, 2.45) is 23.7 Å². The first-order valence-electron chi connectivity index (χ1n) is 7.82. The van der Waals surface area contributed by atoms with Crippen LogP contribution in [0.3, 0.4) is 0 Å². The number of epoxide rings is 1. The van der Waals surface area contributed by atoms with E-state index in [-0.39, 0.29) is 0 Å². The lowest BCUT2D eigenvalue weighted by Gasteiger charge is -2.32. The maximum atomic E-state index is 10.7.